The minimum Gasteiger partial charge on any atom is -0.498 e. The first-order valence-corrected chi connectivity index (χ1v) is 10.1. The highest BCUT2D eigenvalue weighted by Crippen LogP contribution is 2.31. The first-order chi connectivity index (χ1) is 12.3. The third-order valence-electron chi connectivity index (χ3n) is 4.84. The summed E-state index contributed by atoms with van der Waals surface area (Å²) in [6, 6.07) is 0. The molecule has 0 spiro atoms. The lowest BCUT2D eigenvalue weighted by Crippen LogP contribution is -2.38. The molecule has 1 aliphatic rings. The average Bonchev–Trinajstić information content (AvgIpc) is 2.55. The highest BCUT2D eigenvalue weighted by Gasteiger charge is 2.39. The van der Waals surface area contributed by atoms with Gasteiger partial charge in [-0.15, -0.1) is 13.2 Å². The average molecular weight is 380 g/mol. The number of hydrogen-bond acceptors (Lipinski definition) is 3. The topological polar surface area (TPSA) is 38.7 Å². The number of alkyl halides is 3. The highest BCUT2D eigenvalue weighted by atomic mass is 19.4. The van der Waals surface area contributed by atoms with Crippen LogP contribution in [0.5, 0.6) is 0 Å². The van der Waals surface area contributed by atoms with Gasteiger partial charge < -0.3 is 9.84 Å². The maximum atomic E-state index is 12.3. The highest BCUT2D eigenvalue weighted by molar-refractivity contribution is 5.09. The molecule has 0 aromatic carbocycles. The van der Waals surface area contributed by atoms with Crippen LogP contribution in [0.2, 0.25) is 0 Å². The minimum absolute atomic E-state index is 0.102. The van der Waals surface area contributed by atoms with Crippen LogP contribution < -0.4 is 0 Å². The molecule has 1 rings (SSSR count). The van der Waals surface area contributed by atoms with E-state index in [1.165, 1.54) is 57.4 Å². The van der Waals surface area contributed by atoms with Crippen molar-refractivity contribution in [2.75, 3.05) is 6.61 Å². The molecular formula is C20H35F3O3. The summed E-state index contributed by atoms with van der Waals surface area (Å²) in [4.78, 5) is 0. The summed E-state index contributed by atoms with van der Waals surface area (Å²) in [6.45, 7) is 4.56. The third-order valence-corrected chi connectivity index (χ3v) is 4.84. The summed E-state index contributed by atoms with van der Waals surface area (Å²) in [6.07, 6.45) is 6.57. The van der Waals surface area contributed by atoms with E-state index >= 15 is 0 Å². The van der Waals surface area contributed by atoms with Crippen molar-refractivity contribution < 1.29 is 27.8 Å². The van der Waals surface area contributed by atoms with Gasteiger partial charge in [0.2, 0.25) is 0 Å². The van der Waals surface area contributed by atoms with E-state index in [1.807, 2.05) is 0 Å². The quantitative estimate of drug-likeness (QED) is 0.392. The van der Waals surface area contributed by atoms with Crippen molar-refractivity contribution in [2.24, 2.45) is 5.92 Å². The first kappa shape index (κ1) is 23.3. The molecule has 0 saturated carbocycles. The van der Waals surface area contributed by atoms with Gasteiger partial charge in [0.15, 0.2) is 0 Å². The van der Waals surface area contributed by atoms with Gasteiger partial charge >= 0.3 is 6.36 Å². The molecule has 0 amide bonds. The van der Waals surface area contributed by atoms with Gasteiger partial charge in [0.25, 0.3) is 0 Å². The van der Waals surface area contributed by atoms with Crippen LogP contribution in [-0.4, -0.2) is 30.3 Å². The van der Waals surface area contributed by atoms with Crippen molar-refractivity contribution in [3.05, 3.63) is 11.8 Å². The van der Waals surface area contributed by atoms with Gasteiger partial charge in [-0.1, -0.05) is 71.6 Å². The van der Waals surface area contributed by atoms with E-state index < -0.39 is 18.6 Å². The van der Waals surface area contributed by atoms with E-state index in [1.54, 1.807) is 6.92 Å². The number of halogens is 3. The predicted molar refractivity (Wildman–Crippen MR) is 96.6 cm³/mol. The Bertz CT molecular complexity index is 396. The second-order valence-corrected chi connectivity index (χ2v) is 7.33. The van der Waals surface area contributed by atoms with E-state index in [0.717, 1.165) is 12.8 Å². The zero-order valence-electron chi connectivity index (χ0n) is 16.2. The Morgan fingerprint density at radius 2 is 1.54 bits per heavy atom. The van der Waals surface area contributed by atoms with Gasteiger partial charge in [-0.25, -0.2) is 0 Å². The van der Waals surface area contributed by atoms with E-state index in [-0.39, 0.29) is 12.3 Å². The molecular weight excluding hydrogens is 345 g/mol. The van der Waals surface area contributed by atoms with Gasteiger partial charge in [-0.3, -0.25) is 4.74 Å². The van der Waals surface area contributed by atoms with Crippen molar-refractivity contribution in [3.8, 4) is 0 Å². The lowest BCUT2D eigenvalue weighted by atomic mass is 9.91. The summed E-state index contributed by atoms with van der Waals surface area (Å²) in [5.74, 6) is 0.393. The van der Waals surface area contributed by atoms with Gasteiger partial charge in [0.05, 0.1) is 18.5 Å². The van der Waals surface area contributed by atoms with Crippen molar-refractivity contribution in [3.63, 3.8) is 0 Å². The van der Waals surface area contributed by atoms with Crippen molar-refractivity contribution in [1.82, 2.24) is 0 Å². The number of unbranched alkanes of at least 4 members (excludes halogenated alkanes) is 9. The Morgan fingerprint density at radius 3 is 2.08 bits per heavy atom. The smallest absolute Gasteiger partial charge is 0.498 e. The van der Waals surface area contributed by atoms with Crippen molar-refractivity contribution in [1.29, 1.82) is 0 Å². The van der Waals surface area contributed by atoms with E-state index in [2.05, 4.69) is 11.7 Å². The van der Waals surface area contributed by atoms with Crippen LogP contribution in [0, 0.1) is 5.92 Å². The Kier molecular flexibility index (Phi) is 11.3. The lowest BCUT2D eigenvalue weighted by Gasteiger charge is -2.31. The fourth-order valence-corrected chi connectivity index (χ4v) is 3.30. The lowest BCUT2D eigenvalue weighted by molar-refractivity contribution is -0.351. The number of allylic oxidation sites excluding steroid dienone is 1. The van der Waals surface area contributed by atoms with Crippen LogP contribution in [0.15, 0.2) is 11.8 Å². The Balaban J connectivity index is 2.11. The molecule has 0 radical (unpaired) electrons. The Labute approximate surface area is 155 Å². The van der Waals surface area contributed by atoms with Crippen LogP contribution in [-0.2, 0) is 9.47 Å². The normalized spacial score (nSPS) is 23.8. The molecule has 0 heterocycles. The first-order valence-electron chi connectivity index (χ1n) is 10.1. The molecule has 26 heavy (non-hydrogen) atoms. The number of hydrogen-bond donors (Lipinski definition) is 1. The minimum atomic E-state index is -4.73. The molecule has 3 atom stereocenters. The summed E-state index contributed by atoms with van der Waals surface area (Å²) in [7, 11) is 0. The van der Waals surface area contributed by atoms with Crippen molar-refractivity contribution in [2.45, 2.75) is 103 Å². The van der Waals surface area contributed by atoms with Crippen LogP contribution in [0.25, 0.3) is 0 Å². The molecule has 154 valence electrons. The van der Waals surface area contributed by atoms with Gasteiger partial charge in [-0.05, 0) is 18.9 Å². The van der Waals surface area contributed by atoms with Crippen LogP contribution in [0.1, 0.15) is 84.5 Å². The second kappa shape index (κ2) is 12.6. The number of aliphatic hydroxyl groups is 1. The molecule has 0 saturated heterocycles. The zero-order valence-corrected chi connectivity index (χ0v) is 16.2. The Hall–Kier alpha value is -0.750. The SMILES string of the molecule is CCCCCCCCCCCCOC1=CC(O)C(OC(F)(F)F)CC1C. The molecule has 0 bridgehead atoms. The van der Waals surface area contributed by atoms with Gasteiger partial charge in [0.1, 0.15) is 6.10 Å². The van der Waals surface area contributed by atoms with Gasteiger partial charge in [-0.2, -0.15) is 0 Å². The standard InChI is InChI=1S/C20H35F3O3/c1-3-4-5-6-7-8-9-10-11-12-13-25-18-15-17(24)19(14-16(18)2)26-20(21,22)23/h15-17,19,24H,3-14H2,1-2H3. The number of ether oxygens (including phenoxy) is 2. The van der Waals surface area contributed by atoms with Crippen molar-refractivity contribution >= 4 is 0 Å². The molecule has 1 N–H and O–H groups in total. The second-order valence-electron chi connectivity index (χ2n) is 7.33. The molecule has 3 unspecified atom stereocenters. The Morgan fingerprint density at radius 1 is 1.00 bits per heavy atom. The molecule has 0 fully saturated rings. The molecule has 6 heteroatoms. The molecule has 3 nitrogen and oxygen atoms in total. The monoisotopic (exact) mass is 380 g/mol. The van der Waals surface area contributed by atoms with E-state index in [0.29, 0.717) is 12.4 Å². The molecule has 0 aromatic rings. The zero-order chi connectivity index (χ0) is 19.4. The van der Waals surface area contributed by atoms with Crippen LogP contribution in [0.3, 0.4) is 0 Å². The summed E-state index contributed by atoms with van der Waals surface area (Å²) < 4.78 is 46.6. The number of rotatable bonds is 13. The van der Waals surface area contributed by atoms with E-state index in [4.69, 9.17) is 4.74 Å². The predicted octanol–water partition coefficient (Wildman–Crippen LogP) is 6.11. The molecule has 1 aliphatic carbocycles. The van der Waals surface area contributed by atoms with Gasteiger partial charge in [0, 0.05) is 5.92 Å². The maximum Gasteiger partial charge on any atom is 0.522 e. The van der Waals surface area contributed by atoms with Crippen LogP contribution >= 0.6 is 0 Å². The summed E-state index contributed by atoms with van der Waals surface area (Å²) in [5, 5.41) is 9.82. The molecule has 0 aliphatic heterocycles. The summed E-state index contributed by atoms with van der Waals surface area (Å²) >= 11 is 0. The maximum absolute atomic E-state index is 12.3. The summed E-state index contributed by atoms with van der Waals surface area (Å²) in [5.41, 5.74) is 0. The largest absolute Gasteiger partial charge is 0.522 e. The van der Waals surface area contributed by atoms with Crippen LogP contribution in [0.4, 0.5) is 13.2 Å². The fraction of sp³-hybridized carbons (Fsp3) is 0.900. The molecule has 0 aromatic heterocycles. The van der Waals surface area contributed by atoms with E-state index in [9.17, 15) is 18.3 Å². The third kappa shape index (κ3) is 10.4. The number of aliphatic hydroxyl groups excluding tert-OH is 1. The fourth-order valence-electron chi connectivity index (χ4n) is 3.30.